The molecule has 1 N–H and O–H groups in total. The van der Waals surface area contributed by atoms with E-state index in [0.29, 0.717) is 39.1 Å². The third-order valence-corrected chi connectivity index (χ3v) is 6.15. The quantitative estimate of drug-likeness (QED) is 0.745. The number of benzene rings is 1. The van der Waals surface area contributed by atoms with Gasteiger partial charge in [0.15, 0.2) is 0 Å². The molecule has 0 saturated carbocycles. The fraction of sp³-hybridized carbons (Fsp3) is 0.350. The van der Waals surface area contributed by atoms with E-state index in [2.05, 4.69) is 5.32 Å². The van der Waals surface area contributed by atoms with Gasteiger partial charge in [-0.3, -0.25) is 9.59 Å². The van der Waals surface area contributed by atoms with Gasteiger partial charge in [0, 0.05) is 23.7 Å². The van der Waals surface area contributed by atoms with E-state index in [1.165, 1.54) is 7.11 Å². The van der Waals surface area contributed by atoms with E-state index in [-0.39, 0.29) is 17.4 Å². The third-order valence-electron chi connectivity index (χ3n) is 4.71. The molecule has 0 bridgehead atoms. The minimum absolute atomic E-state index is 0.112. The average Bonchev–Trinajstić information content (AvgIpc) is 3.03. The van der Waals surface area contributed by atoms with Crippen molar-refractivity contribution in [2.75, 3.05) is 25.5 Å². The maximum atomic E-state index is 12.9. The van der Waals surface area contributed by atoms with Crippen LogP contribution < -0.4 is 5.32 Å². The largest absolute Gasteiger partial charge is 0.465 e. The van der Waals surface area contributed by atoms with E-state index in [1.807, 2.05) is 0 Å². The Morgan fingerprint density at radius 1 is 1.11 bits per heavy atom. The third kappa shape index (κ3) is 4.20. The summed E-state index contributed by atoms with van der Waals surface area (Å²) < 4.78 is 4.87. The predicted octanol–water partition coefficient (Wildman–Crippen LogP) is 4.37. The van der Waals surface area contributed by atoms with Gasteiger partial charge in [0.25, 0.3) is 11.8 Å². The highest BCUT2D eigenvalue weighted by molar-refractivity contribution is 7.18. The zero-order chi connectivity index (χ0) is 20.3. The molecule has 3 rings (SSSR count). The highest BCUT2D eigenvalue weighted by Crippen LogP contribution is 2.35. The molecule has 28 heavy (non-hydrogen) atoms. The van der Waals surface area contributed by atoms with Crippen LogP contribution in [0.1, 0.15) is 55.2 Å². The molecule has 148 valence electrons. The fourth-order valence-corrected chi connectivity index (χ4v) is 4.45. The van der Waals surface area contributed by atoms with Gasteiger partial charge in [0.2, 0.25) is 0 Å². The number of thiophene rings is 1. The van der Waals surface area contributed by atoms with Crippen LogP contribution in [-0.4, -0.2) is 42.9 Å². The van der Waals surface area contributed by atoms with Crippen molar-refractivity contribution in [3.05, 3.63) is 50.9 Å². The second kappa shape index (κ2) is 8.75. The maximum Gasteiger partial charge on any atom is 0.341 e. The summed E-state index contributed by atoms with van der Waals surface area (Å²) in [5.41, 5.74) is 1.14. The van der Waals surface area contributed by atoms with Crippen molar-refractivity contribution in [3.8, 4) is 0 Å². The fourth-order valence-electron chi connectivity index (χ4n) is 3.17. The minimum atomic E-state index is -0.585. The van der Waals surface area contributed by atoms with Crippen molar-refractivity contribution in [1.29, 1.82) is 0 Å². The lowest BCUT2D eigenvalue weighted by Gasteiger charge is -2.26. The van der Waals surface area contributed by atoms with Crippen LogP contribution in [0.15, 0.2) is 24.3 Å². The first kappa shape index (κ1) is 20.4. The second-order valence-corrected chi connectivity index (χ2v) is 8.02. The summed E-state index contributed by atoms with van der Waals surface area (Å²) in [5, 5.41) is 3.58. The molecule has 0 radical (unpaired) electrons. The van der Waals surface area contributed by atoms with Gasteiger partial charge in [-0.25, -0.2) is 4.79 Å². The molecular weight excluding hydrogens is 400 g/mol. The number of carbonyl (C=O) groups is 3. The molecule has 0 atom stereocenters. The van der Waals surface area contributed by atoms with Gasteiger partial charge < -0.3 is 15.0 Å². The number of amides is 2. The van der Waals surface area contributed by atoms with Crippen molar-refractivity contribution < 1.29 is 19.1 Å². The van der Waals surface area contributed by atoms with Crippen LogP contribution in [0.5, 0.6) is 0 Å². The van der Waals surface area contributed by atoms with Crippen molar-refractivity contribution >= 4 is 45.7 Å². The van der Waals surface area contributed by atoms with Gasteiger partial charge >= 0.3 is 5.97 Å². The summed E-state index contributed by atoms with van der Waals surface area (Å²) >= 11 is 6.97. The second-order valence-electron chi connectivity index (χ2n) is 6.57. The molecule has 2 amide bonds. The Balaban J connectivity index is 1.92. The smallest absolute Gasteiger partial charge is 0.341 e. The molecule has 8 heteroatoms. The summed E-state index contributed by atoms with van der Waals surface area (Å²) in [5.74, 6) is -1.09. The molecule has 0 spiro atoms. The number of ether oxygens (including phenoxy) is 1. The number of likely N-dealkylation sites (tertiary alicyclic amines) is 1. The highest BCUT2D eigenvalue weighted by atomic mass is 35.5. The Morgan fingerprint density at radius 3 is 2.36 bits per heavy atom. The number of anilines is 1. The van der Waals surface area contributed by atoms with E-state index >= 15 is 0 Å². The first-order valence-electron chi connectivity index (χ1n) is 9.00. The number of methoxy groups -OCH3 is 1. The number of esters is 1. The van der Waals surface area contributed by atoms with E-state index in [9.17, 15) is 14.4 Å². The standard InChI is InChI=1S/C20H21ClN2O4S/c1-12-15(20(26)27-2)18(22-17(24)13-6-8-14(21)9-7-13)28-16(12)19(25)23-10-4-3-5-11-23/h6-9H,3-5,10-11H2,1-2H3,(H,22,24). The van der Waals surface area contributed by atoms with Crippen molar-refractivity contribution in [1.82, 2.24) is 4.90 Å². The maximum absolute atomic E-state index is 12.9. The lowest BCUT2D eigenvalue weighted by atomic mass is 10.1. The number of nitrogens with zero attached hydrogens (tertiary/aromatic N) is 1. The molecule has 1 aliphatic heterocycles. The molecule has 1 aromatic heterocycles. The van der Waals surface area contributed by atoms with Crippen molar-refractivity contribution in [2.45, 2.75) is 26.2 Å². The average molecular weight is 421 g/mol. The Morgan fingerprint density at radius 2 is 1.75 bits per heavy atom. The van der Waals surface area contributed by atoms with Crippen LogP contribution in [0.25, 0.3) is 0 Å². The van der Waals surface area contributed by atoms with E-state index in [0.717, 1.165) is 30.6 Å². The molecule has 1 aromatic carbocycles. The predicted molar refractivity (Wildman–Crippen MR) is 110 cm³/mol. The molecule has 6 nitrogen and oxygen atoms in total. The monoisotopic (exact) mass is 420 g/mol. The van der Waals surface area contributed by atoms with Crippen molar-refractivity contribution in [3.63, 3.8) is 0 Å². The van der Waals surface area contributed by atoms with E-state index in [1.54, 1.807) is 36.1 Å². The number of rotatable bonds is 4. The van der Waals surface area contributed by atoms with Gasteiger partial charge in [-0.1, -0.05) is 11.6 Å². The van der Waals surface area contributed by atoms with Gasteiger partial charge in [0.1, 0.15) is 5.00 Å². The molecule has 2 heterocycles. The zero-order valence-corrected chi connectivity index (χ0v) is 17.3. The van der Waals surface area contributed by atoms with Gasteiger partial charge in [-0.05, 0) is 56.0 Å². The lowest BCUT2D eigenvalue weighted by molar-refractivity contribution is 0.0601. The molecule has 2 aromatic rings. The normalized spacial score (nSPS) is 13.9. The summed E-state index contributed by atoms with van der Waals surface area (Å²) in [7, 11) is 1.27. The summed E-state index contributed by atoms with van der Waals surface area (Å²) in [6.45, 7) is 3.12. The summed E-state index contributed by atoms with van der Waals surface area (Å²) in [6, 6.07) is 6.41. The van der Waals surface area contributed by atoms with E-state index < -0.39 is 5.97 Å². The van der Waals surface area contributed by atoms with Gasteiger partial charge in [0.05, 0.1) is 17.6 Å². The summed E-state index contributed by atoms with van der Waals surface area (Å²) in [4.78, 5) is 40.1. The summed E-state index contributed by atoms with van der Waals surface area (Å²) in [6.07, 6.45) is 3.06. The minimum Gasteiger partial charge on any atom is -0.465 e. The SMILES string of the molecule is COC(=O)c1c(NC(=O)c2ccc(Cl)cc2)sc(C(=O)N2CCCCC2)c1C. The Hall–Kier alpha value is -2.38. The van der Waals surface area contributed by atoms with Crippen LogP contribution in [0.2, 0.25) is 5.02 Å². The van der Waals surface area contributed by atoms with Crippen LogP contribution in [0.4, 0.5) is 5.00 Å². The zero-order valence-electron chi connectivity index (χ0n) is 15.7. The molecule has 0 unspecified atom stereocenters. The number of hydrogen-bond donors (Lipinski definition) is 1. The molecule has 1 saturated heterocycles. The Bertz CT molecular complexity index is 902. The Kier molecular flexibility index (Phi) is 6.36. The van der Waals surface area contributed by atoms with Crippen molar-refractivity contribution in [2.24, 2.45) is 0 Å². The molecule has 1 fully saturated rings. The number of carbonyl (C=O) groups excluding carboxylic acids is 3. The molecule has 0 aliphatic carbocycles. The number of hydrogen-bond acceptors (Lipinski definition) is 5. The number of halogens is 1. The van der Waals surface area contributed by atoms with E-state index in [4.69, 9.17) is 16.3 Å². The number of nitrogens with one attached hydrogen (secondary N) is 1. The lowest BCUT2D eigenvalue weighted by Crippen LogP contribution is -2.35. The van der Waals surface area contributed by atoms with Gasteiger partial charge in [-0.15, -0.1) is 11.3 Å². The Labute approximate surface area is 172 Å². The topological polar surface area (TPSA) is 75.7 Å². The first-order chi connectivity index (χ1) is 13.4. The first-order valence-corrected chi connectivity index (χ1v) is 10.2. The molecular formula is C20H21ClN2O4S. The van der Waals surface area contributed by atoms with Crippen LogP contribution in [0.3, 0.4) is 0 Å². The van der Waals surface area contributed by atoms with Crippen LogP contribution in [0, 0.1) is 6.92 Å². The highest BCUT2D eigenvalue weighted by Gasteiger charge is 2.29. The van der Waals surface area contributed by atoms with Crippen LogP contribution in [-0.2, 0) is 4.74 Å². The van der Waals surface area contributed by atoms with Crippen LogP contribution >= 0.6 is 22.9 Å². The number of piperidine rings is 1. The molecule has 1 aliphatic rings. The van der Waals surface area contributed by atoms with Gasteiger partial charge in [-0.2, -0.15) is 0 Å².